The molecule has 9 heteroatoms. The molecule has 0 radical (unpaired) electrons. The van der Waals surface area contributed by atoms with Crippen LogP contribution in [0.4, 0.5) is 5.88 Å². The van der Waals surface area contributed by atoms with E-state index in [4.69, 9.17) is 4.52 Å². The van der Waals surface area contributed by atoms with Crippen molar-refractivity contribution < 1.29 is 18.9 Å². The molecule has 0 spiro atoms. The van der Waals surface area contributed by atoms with E-state index in [9.17, 15) is 9.59 Å². The molecule has 1 fully saturated rings. The smallest absolute Gasteiger partial charge is 0.295 e. The molecule has 0 aliphatic carbocycles. The highest BCUT2D eigenvalue weighted by molar-refractivity contribution is 8.13. The maximum Gasteiger partial charge on any atom is 0.305 e. The SMILES string of the molecule is CC(=O)SCC(C)(C)C(=O)Nc1c[n+](N2CCN(Cc3ccccc3)CC2)no1. The lowest BCUT2D eigenvalue weighted by molar-refractivity contribution is -0.759. The molecule has 0 bridgehead atoms. The number of aromatic nitrogens is 2. The largest absolute Gasteiger partial charge is 0.305 e. The summed E-state index contributed by atoms with van der Waals surface area (Å²) in [5, 5.41) is 8.87. The van der Waals surface area contributed by atoms with Crippen molar-refractivity contribution in [2.45, 2.75) is 27.3 Å². The third-order valence-electron chi connectivity index (χ3n) is 4.83. The minimum absolute atomic E-state index is 0.00483. The summed E-state index contributed by atoms with van der Waals surface area (Å²) < 4.78 is 5.28. The van der Waals surface area contributed by atoms with Crippen LogP contribution in [0.2, 0.25) is 0 Å². The number of anilines is 1. The van der Waals surface area contributed by atoms with Gasteiger partial charge in [0.2, 0.25) is 11.2 Å². The Hall–Kier alpha value is -2.39. The van der Waals surface area contributed by atoms with Gasteiger partial charge in [-0.05, 0) is 5.56 Å². The third-order valence-corrected chi connectivity index (χ3v) is 6.10. The van der Waals surface area contributed by atoms with E-state index in [-0.39, 0.29) is 11.0 Å². The summed E-state index contributed by atoms with van der Waals surface area (Å²) in [6, 6.07) is 10.4. The van der Waals surface area contributed by atoms with Crippen LogP contribution >= 0.6 is 11.8 Å². The predicted molar refractivity (Wildman–Crippen MR) is 112 cm³/mol. The zero-order valence-electron chi connectivity index (χ0n) is 17.1. The van der Waals surface area contributed by atoms with E-state index in [0.717, 1.165) is 44.5 Å². The average molecular weight is 419 g/mol. The van der Waals surface area contributed by atoms with Gasteiger partial charge < -0.3 is 0 Å². The van der Waals surface area contributed by atoms with Gasteiger partial charge in [-0.2, -0.15) is 5.01 Å². The topological polar surface area (TPSA) is 82.6 Å². The minimum atomic E-state index is -0.697. The summed E-state index contributed by atoms with van der Waals surface area (Å²) in [6.45, 7) is 9.52. The molecule has 156 valence electrons. The van der Waals surface area contributed by atoms with Gasteiger partial charge in [0, 0.05) is 32.3 Å². The first-order chi connectivity index (χ1) is 13.8. The maximum absolute atomic E-state index is 12.5. The first-order valence-corrected chi connectivity index (χ1v) is 10.7. The van der Waals surface area contributed by atoms with Gasteiger partial charge in [-0.25, -0.2) is 0 Å². The summed E-state index contributed by atoms with van der Waals surface area (Å²) in [6.07, 6.45) is 1.68. The van der Waals surface area contributed by atoms with Gasteiger partial charge in [0.05, 0.1) is 23.3 Å². The maximum atomic E-state index is 12.5. The summed E-state index contributed by atoms with van der Waals surface area (Å²) >= 11 is 1.14. The molecule has 1 saturated heterocycles. The number of nitrogens with zero attached hydrogens (tertiary/aromatic N) is 4. The van der Waals surface area contributed by atoms with Crippen molar-refractivity contribution in [1.82, 2.24) is 10.2 Å². The van der Waals surface area contributed by atoms with Crippen molar-refractivity contribution >= 4 is 28.7 Å². The van der Waals surface area contributed by atoms with Gasteiger partial charge in [-0.1, -0.05) is 55.9 Å². The number of nitrogens with one attached hydrogen (secondary N) is 1. The summed E-state index contributed by atoms with van der Waals surface area (Å²) in [7, 11) is 0. The summed E-state index contributed by atoms with van der Waals surface area (Å²) in [5.41, 5.74) is 0.613. The van der Waals surface area contributed by atoms with Crippen LogP contribution < -0.4 is 15.1 Å². The van der Waals surface area contributed by atoms with E-state index < -0.39 is 5.41 Å². The summed E-state index contributed by atoms with van der Waals surface area (Å²) in [5.74, 6) is 0.496. The molecule has 2 heterocycles. The first kappa shape index (κ1) is 21.3. The second-order valence-electron chi connectivity index (χ2n) is 7.82. The standard InChI is InChI=1S/C20H27N5O3S/c1-16(26)29-15-20(2,3)19(27)21-18-14-25(22-28-18)24-11-9-23(10-12-24)13-17-7-5-4-6-8-17/h4-8,14H,9-13,15H2,1-3H3/p+1. The number of hydrogen-bond donors (Lipinski definition) is 1. The Morgan fingerprint density at radius 1 is 1.21 bits per heavy atom. The van der Waals surface area contributed by atoms with Crippen molar-refractivity contribution in [2.24, 2.45) is 5.41 Å². The van der Waals surface area contributed by atoms with Gasteiger partial charge in [0.15, 0.2) is 5.12 Å². The third kappa shape index (κ3) is 6.04. The number of rotatable bonds is 7. The second kappa shape index (κ2) is 9.41. The molecular formula is C20H28N5O3S+. The summed E-state index contributed by atoms with van der Waals surface area (Å²) in [4.78, 5) is 27.7. The van der Waals surface area contributed by atoms with Gasteiger partial charge >= 0.3 is 5.88 Å². The van der Waals surface area contributed by atoms with E-state index in [2.05, 4.69) is 44.8 Å². The van der Waals surface area contributed by atoms with Crippen LogP contribution in [0.25, 0.3) is 0 Å². The van der Waals surface area contributed by atoms with Crippen molar-refractivity contribution in [2.75, 3.05) is 42.3 Å². The molecular weight excluding hydrogens is 390 g/mol. The minimum Gasteiger partial charge on any atom is -0.295 e. The van der Waals surface area contributed by atoms with Crippen LogP contribution in [0, 0.1) is 5.41 Å². The van der Waals surface area contributed by atoms with E-state index in [1.807, 2.05) is 6.07 Å². The normalized spacial score (nSPS) is 15.3. The van der Waals surface area contributed by atoms with Crippen molar-refractivity contribution in [3.63, 3.8) is 0 Å². The molecule has 1 aliphatic rings. The molecule has 0 unspecified atom stereocenters. The average Bonchev–Trinajstić information content (AvgIpc) is 3.16. The highest BCUT2D eigenvalue weighted by Crippen LogP contribution is 2.24. The van der Waals surface area contributed by atoms with Gasteiger partial charge in [0.25, 0.3) is 6.20 Å². The Kier molecular flexibility index (Phi) is 6.92. The van der Waals surface area contributed by atoms with Crippen LogP contribution in [-0.4, -0.2) is 53.1 Å². The molecule has 0 atom stereocenters. The van der Waals surface area contributed by atoms with E-state index >= 15 is 0 Å². The molecule has 1 amide bonds. The highest BCUT2D eigenvalue weighted by atomic mass is 32.2. The molecule has 1 aromatic heterocycles. The lowest BCUT2D eigenvalue weighted by atomic mass is 9.95. The molecule has 0 saturated carbocycles. The highest BCUT2D eigenvalue weighted by Gasteiger charge is 2.31. The Morgan fingerprint density at radius 2 is 1.90 bits per heavy atom. The Labute approximate surface area is 175 Å². The fraction of sp³-hybridized carbons (Fsp3) is 0.500. The molecule has 1 aromatic carbocycles. The lowest BCUT2D eigenvalue weighted by Gasteiger charge is -2.29. The zero-order chi connectivity index (χ0) is 20.9. The monoisotopic (exact) mass is 418 g/mol. The van der Waals surface area contributed by atoms with Crippen LogP contribution in [0.5, 0.6) is 0 Å². The van der Waals surface area contributed by atoms with Crippen LogP contribution in [0.15, 0.2) is 41.1 Å². The van der Waals surface area contributed by atoms with Gasteiger partial charge in [-0.15, -0.1) is 0 Å². The van der Waals surface area contributed by atoms with Crippen LogP contribution in [0.3, 0.4) is 0 Å². The second-order valence-corrected chi connectivity index (χ2v) is 8.97. The molecule has 29 heavy (non-hydrogen) atoms. The molecule has 8 nitrogen and oxygen atoms in total. The number of hydrogen-bond acceptors (Lipinski definition) is 7. The van der Waals surface area contributed by atoms with Crippen LogP contribution in [-0.2, 0) is 16.1 Å². The Bertz CT molecular complexity index is 832. The molecule has 1 N–H and O–H groups in total. The molecule has 2 aromatic rings. The van der Waals surface area contributed by atoms with Crippen LogP contribution in [0.1, 0.15) is 26.3 Å². The van der Waals surface area contributed by atoms with Gasteiger partial charge in [0.1, 0.15) is 0 Å². The first-order valence-electron chi connectivity index (χ1n) is 9.68. The molecule has 3 rings (SSSR count). The molecule has 1 aliphatic heterocycles. The Morgan fingerprint density at radius 3 is 2.55 bits per heavy atom. The predicted octanol–water partition coefficient (Wildman–Crippen LogP) is 1.66. The van der Waals surface area contributed by atoms with E-state index in [1.54, 1.807) is 24.8 Å². The number of piperazine rings is 1. The van der Waals surface area contributed by atoms with Crippen molar-refractivity contribution in [3.05, 3.63) is 42.1 Å². The number of amides is 1. The van der Waals surface area contributed by atoms with E-state index in [0.29, 0.717) is 11.6 Å². The number of carbonyl (C=O) groups is 2. The Balaban J connectivity index is 1.50. The lowest BCUT2D eigenvalue weighted by Crippen LogP contribution is -2.65. The zero-order valence-corrected chi connectivity index (χ0v) is 17.9. The number of thioether (sulfide) groups is 1. The van der Waals surface area contributed by atoms with Crippen molar-refractivity contribution in [1.29, 1.82) is 0 Å². The van der Waals surface area contributed by atoms with E-state index in [1.165, 1.54) is 12.5 Å². The fourth-order valence-corrected chi connectivity index (χ4v) is 3.69. The number of carbonyl (C=O) groups excluding carboxylic acids is 2. The quantitative estimate of drug-likeness (QED) is 0.685. The van der Waals surface area contributed by atoms with Crippen molar-refractivity contribution in [3.8, 4) is 0 Å². The van der Waals surface area contributed by atoms with Gasteiger partial charge in [-0.3, -0.25) is 24.3 Å². The fourth-order valence-electron chi connectivity index (χ4n) is 3.00. The number of benzene rings is 1.